The maximum atomic E-state index is 4.36. The summed E-state index contributed by atoms with van der Waals surface area (Å²) < 4.78 is 1.05. The second kappa shape index (κ2) is 6.62. The van der Waals surface area contributed by atoms with Gasteiger partial charge in [0, 0.05) is 22.5 Å². The lowest BCUT2D eigenvalue weighted by atomic mass is 10.0. The summed E-state index contributed by atoms with van der Waals surface area (Å²) in [5.41, 5.74) is 0. The van der Waals surface area contributed by atoms with Crippen LogP contribution in [0, 0.1) is 0 Å². The van der Waals surface area contributed by atoms with Crippen LogP contribution in [-0.2, 0) is 0 Å². The van der Waals surface area contributed by atoms with Crippen molar-refractivity contribution in [1.29, 1.82) is 0 Å². The van der Waals surface area contributed by atoms with E-state index in [0.717, 1.165) is 21.3 Å². The first-order chi connectivity index (χ1) is 7.84. The monoisotopic (exact) mass is 300 g/mol. The summed E-state index contributed by atoms with van der Waals surface area (Å²) in [6, 6.07) is 4.86. The molecule has 0 aliphatic carbocycles. The van der Waals surface area contributed by atoms with Crippen molar-refractivity contribution in [2.75, 3.05) is 12.3 Å². The number of hydrogen-bond donors (Lipinski definition) is 1. The Kier molecular flexibility index (Phi) is 5.13. The van der Waals surface area contributed by atoms with Gasteiger partial charge >= 0.3 is 0 Å². The maximum absolute atomic E-state index is 4.36. The molecule has 0 radical (unpaired) electrons. The lowest BCUT2D eigenvalue weighted by molar-refractivity contribution is 0.394. The van der Waals surface area contributed by atoms with Crippen molar-refractivity contribution in [2.45, 2.75) is 36.8 Å². The van der Waals surface area contributed by atoms with Crippen molar-refractivity contribution >= 4 is 27.7 Å². The van der Waals surface area contributed by atoms with E-state index in [9.17, 15) is 0 Å². The van der Waals surface area contributed by atoms with E-state index in [2.05, 4.69) is 32.3 Å². The fraction of sp³-hybridized carbons (Fsp3) is 0.583. The highest BCUT2D eigenvalue weighted by atomic mass is 79.9. The normalized spacial score (nSPS) is 20.9. The molecule has 1 aliphatic heterocycles. The molecule has 0 saturated carbocycles. The van der Waals surface area contributed by atoms with Gasteiger partial charge in [0.2, 0.25) is 0 Å². The minimum atomic E-state index is 0.733. The molecule has 1 atom stereocenters. The van der Waals surface area contributed by atoms with E-state index in [4.69, 9.17) is 0 Å². The molecule has 0 bridgehead atoms. The second-order valence-electron chi connectivity index (χ2n) is 4.10. The van der Waals surface area contributed by atoms with Gasteiger partial charge in [-0.05, 0) is 53.9 Å². The number of hydrogen-bond acceptors (Lipinski definition) is 3. The highest BCUT2D eigenvalue weighted by molar-refractivity contribution is 9.10. The summed E-state index contributed by atoms with van der Waals surface area (Å²) in [7, 11) is 0. The van der Waals surface area contributed by atoms with Crippen LogP contribution in [0.25, 0.3) is 0 Å². The van der Waals surface area contributed by atoms with E-state index in [0.29, 0.717) is 0 Å². The maximum Gasteiger partial charge on any atom is 0.0960 e. The number of pyridine rings is 1. The highest BCUT2D eigenvalue weighted by Gasteiger charge is 2.11. The van der Waals surface area contributed by atoms with Crippen LogP contribution >= 0.6 is 27.7 Å². The van der Waals surface area contributed by atoms with Gasteiger partial charge in [0.1, 0.15) is 0 Å². The summed E-state index contributed by atoms with van der Waals surface area (Å²) in [5, 5.41) is 4.70. The van der Waals surface area contributed by atoms with Gasteiger partial charge in [0.15, 0.2) is 0 Å². The van der Waals surface area contributed by atoms with Gasteiger partial charge in [-0.2, -0.15) is 0 Å². The van der Waals surface area contributed by atoms with Crippen molar-refractivity contribution in [2.24, 2.45) is 0 Å². The molecule has 0 aromatic carbocycles. The van der Waals surface area contributed by atoms with Crippen molar-refractivity contribution in [3.05, 3.63) is 22.8 Å². The van der Waals surface area contributed by atoms with E-state index in [-0.39, 0.29) is 0 Å². The van der Waals surface area contributed by atoms with Crippen LogP contribution in [-0.4, -0.2) is 23.3 Å². The number of halogens is 1. The van der Waals surface area contributed by atoms with Crippen LogP contribution in [0.2, 0.25) is 0 Å². The Bertz CT molecular complexity index is 309. The molecule has 2 nitrogen and oxygen atoms in total. The van der Waals surface area contributed by atoms with Crippen LogP contribution < -0.4 is 5.32 Å². The topological polar surface area (TPSA) is 24.9 Å². The molecule has 1 fully saturated rings. The highest BCUT2D eigenvalue weighted by Crippen LogP contribution is 2.20. The average molecular weight is 301 g/mol. The Morgan fingerprint density at radius 3 is 3.06 bits per heavy atom. The number of nitrogens with one attached hydrogen (secondary N) is 1. The quantitative estimate of drug-likeness (QED) is 0.862. The molecule has 0 spiro atoms. The third kappa shape index (κ3) is 4.07. The fourth-order valence-electron chi connectivity index (χ4n) is 1.92. The minimum Gasteiger partial charge on any atom is -0.314 e. The SMILES string of the molecule is Brc1ccc(SCCC2CCCCN2)nc1. The number of thioether (sulfide) groups is 1. The third-order valence-electron chi connectivity index (χ3n) is 2.83. The molecule has 1 saturated heterocycles. The first-order valence-corrected chi connectivity index (χ1v) is 7.60. The Hall–Kier alpha value is -0.0600. The van der Waals surface area contributed by atoms with E-state index in [1.54, 1.807) is 0 Å². The molecular formula is C12H17BrN2S. The van der Waals surface area contributed by atoms with Gasteiger partial charge < -0.3 is 5.32 Å². The van der Waals surface area contributed by atoms with Gasteiger partial charge in [-0.3, -0.25) is 0 Å². The van der Waals surface area contributed by atoms with Gasteiger partial charge in [-0.25, -0.2) is 4.98 Å². The minimum absolute atomic E-state index is 0.733. The van der Waals surface area contributed by atoms with Gasteiger partial charge in [-0.15, -0.1) is 11.8 Å². The molecule has 1 unspecified atom stereocenters. The van der Waals surface area contributed by atoms with Gasteiger partial charge in [0.25, 0.3) is 0 Å². The standard InChI is InChI=1S/C12H17BrN2S/c13-10-4-5-12(15-9-10)16-8-6-11-3-1-2-7-14-11/h4-5,9,11,14H,1-3,6-8H2. The Morgan fingerprint density at radius 1 is 1.44 bits per heavy atom. The largest absolute Gasteiger partial charge is 0.314 e. The lowest BCUT2D eigenvalue weighted by Crippen LogP contribution is -2.34. The third-order valence-corrected chi connectivity index (χ3v) is 4.28. The van der Waals surface area contributed by atoms with Crippen molar-refractivity contribution < 1.29 is 0 Å². The van der Waals surface area contributed by atoms with E-state index >= 15 is 0 Å². The van der Waals surface area contributed by atoms with E-state index in [1.807, 2.05) is 24.0 Å². The Morgan fingerprint density at radius 2 is 2.38 bits per heavy atom. The van der Waals surface area contributed by atoms with E-state index < -0.39 is 0 Å². The zero-order chi connectivity index (χ0) is 11.2. The lowest BCUT2D eigenvalue weighted by Gasteiger charge is -2.22. The number of rotatable bonds is 4. The summed E-state index contributed by atoms with van der Waals surface area (Å²) >= 11 is 5.25. The smallest absolute Gasteiger partial charge is 0.0960 e. The van der Waals surface area contributed by atoms with Crippen molar-refractivity contribution in [3.8, 4) is 0 Å². The van der Waals surface area contributed by atoms with Crippen LogP contribution in [0.1, 0.15) is 25.7 Å². The molecule has 2 heterocycles. The van der Waals surface area contributed by atoms with Gasteiger partial charge in [-0.1, -0.05) is 6.42 Å². The molecule has 1 aliphatic rings. The average Bonchev–Trinajstić information content (AvgIpc) is 2.33. The molecule has 0 amide bonds. The predicted molar refractivity (Wildman–Crippen MR) is 72.9 cm³/mol. The zero-order valence-corrected chi connectivity index (χ0v) is 11.7. The molecule has 2 rings (SSSR count). The summed E-state index contributed by atoms with van der Waals surface area (Å²) in [6.07, 6.45) is 7.19. The first kappa shape index (κ1) is 12.4. The predicted octanol–water partition coefficient (Wildman–Crippen LogP) is 3.47. The number of piperidine rings is 1. The first-order valence-electron chi connectivity index (χ1n) is 5.82. The zero-order valence-electron chi connectivity index (χ0n) is 9.29. The molecule has 1 aromatic heterocycles. The molecule has 1 aromatic rings. The fourth-order valence-corrected chi connectivity index (χ4v) is 3.06. The Balaban J connectivity index is 1.69. The van der Waals surface area contributed by atoms with Crippen molar-refractivity contribution in [3.63, 3.8) is 0 Å². The number of nitrogens with zero attached hydrogens (tertiary/aromatic N) is 1. The second-order valence-corrected chi connectivity index (χ2v) is 6.13. The summed E-state index contributed by atoms with van der Waals surface area (Å²) in [6.45, 7) is 1.20. The summed E-state index contributed by atoms with van der Waals surface area (Å²) in [5.74, 6) is 1.16. The molecule has 4 heteroatoms. The number of aromatic nitrogens is 1. The van der Waals surface area contributed by atoms with E-state index in [1.165, 1.54) is 32.2 Å². The van der Waals surface area contributed by atoms with Crippen LogP contribution in [0.5, 0.6) is 0 Å². The summed E-state index contributed by atoms with van der Waals surface area (Å²) in [4.78, 5) is 4.36. The van der Waals surface area contributed by atoms with Crippen LogP contribution in [0.3, 0.4) is 0 Å². The molecular weight excluding hydrogens is 284 g/mol. The Labute approximate surface area is 110 Å². The van der Waals surface area contributed by atoms with Crippen LogP contribution in [0.4, 0.5) is 0 Å². The van der Waals surface area contributed by atoms with Crippen LogP contribution in [0.15, 0.2) is 27.8 Å². The van der Waals surface area contributed by atoms with Crippen molar-refractivity contribution in [1.82, 2.24) is 10.3 Å². The molecule has 1 N–H and O–H groups in total. The molecule has 16 heavy (non-hydrogen) atoms. The van der Waals surface area contributed by atoms with Gasteiger partial charge in [0.05, 0.1) is 5.03 Å². The molecule has 88 valence electrons.